The van der Waals surface area contributed by atoms with E-state index in [1.165, 1.54) is 0 Å². The largest absolute Gasteiger partial charge is 0.399 e. The number of anilines is 2. The number of rotatable bonds is 3. The van der Waals surface area contributed by atoms with Crippen molar-refractivity contribution in [2.45, 2.75) is 0 Å². The molecule has 0 saturated carbocycles. The molecule has 0 amide bonds. The molecule has 0 unspecified atom stereocenters. The summed E-state index contributed by atoms with van der Waals surface area (Å²) in [6.07, 6.45) is 0. The zero-order valence-corrected chi connectivity index (χ0v) is 7.43. The van der Waals surface area contributed by atoms with E-state index in [-0.39, 0.29) is 0 Å². The Bertz CT molecular complexity index is 242. The fourth-order valence-electron chi connectivity index (χ4n) is 0.931. The fourth-order valence-corrected chi connectivity index (χ4v) is 1.17. The zero-order chi connectivity index (χ0) is 8.97. The predicted molar refractivity (Wildman–Crippen MR) is 53.4 cm³/mol. The number of benzene rings is 1. The first-order valence-electron chi connectivity index (χ1n) is 3.72. The molecule has 1 aromatic carbocycles. The van der Waals surface area contributed by atoms with Gasteiger partial charge in [0.2, 0.25) is 0 Å². The standard InChI is InChI=1S/C8H12ClN3/c9-6-3-7(11)5-8(4-6)12-2-1-10/h3-5,12H,1-2,10-11H2. The second kappa shape index (κ2) is 4.18. The van der Waals surface area contributed by atoms with Crippen molar-refractivity contribution in [1.29, 1.82) is 0 Å². The molecule has 3 nitrogen and oxygen atoms in total. The van der Waals surface area contributed by atoms with E-state index in [1.54, 1.807) is 6.07 Å². The summed E-state index contributed by atoms with van der Waals surface area (Å²) in [5, 5.41) is 3.72. The summed E-state index contributed by atoms with van der Waals surface area (Å²) in [6.45, 7) is 1.31. The van der Waals surface area contributed by atoms with Gasteiger partial charge in [-0.3, -0.25) is 0 Å². The first kappa shape index (κ1) is 9.16. The number of nitrogen functional groups attached to an aromatic ring is 1. The summed E-state index contributed by atoms with van der Waals surface area (Å²) in [5.41, 5.74) is 12.5. The van der Waals surface area contributed by atoms with Crippen LogP contribution in [0.3, 0.4) is 0 Å². The van der Waals surface area contributed by atoms with Gasteiger partial charge in [0.15, 0.2) is 0 Å². The third-order valence-corrected chi connectivity index (χ3v) is 1.61. The second-order valence-corrected chi connectivity index (χ2v) is 2.93. The number of hydrogen-bond donors (Lipinski definition) is 3. The monoisotopic (exact) mass is 185 g/mol. The van der Waals surface area contributed by atoms with E-state index in [4.69, 9.17) is 23.1 Å². The van der Waals surface area contributed by atoms with Crippen LogP contribution in [0.25, 0.3) is 0 Å². The lowest BCUT2D eigenvalue weighted by Gasteiger charge is -2.05. The molecular formula is C8H12ClN3. The lowest BCUT2D eigenvalue weighted by atomic mass is 10.3. The highest BCUT2D eigenvalue weighted by molar-refractivity contribution is 6.31. The average molecular weight is 186 g/mol. The Balaban J connectivity index is 2.72. The van der Waals surface area contributed by atoms with Gasteiger partial charge >= 0.3 is 0 Å². The van der Waals surface area contributed by atoms with E-state index in [2.05, 4.69) is 5.32 Å². The summed E-state index contributed by atoms with van der Waals surface area (Å²) in [5.74, 6) is 0. The van der Waals surface area contributed by atoms with Crippen LogP contribution in [0.4, 0.5) is 11.4 Å². The Morgan fingerprint density at radius 2 is 2.08 bits per heavy atom. The van der Waals surface area contributed by atoms with Crippen molar-refractivity contribution in [3.05, 3.63) is 23.2 Å². The lowest BCUT2D eigenvalue weighted by molar-refractivity contribution is 1.02. The van der Waals surface area contributed by atoms with Crippen LogP contribution in [0.2, 0.25) is 5.02 Å². The number of nitrogens with one attached hydrogen (secondary N) is 1. The third kappa shape index (κ3) is 2.60. The topological polar surface area (TPSA) is 64.1 Å². The fraction of sp³-hybridized carbons (Fsp3) is 0.250. The number of halogens is 1. The molecule has 0 saturated heterocycles. The average Bonchev–Trinajstić information content (AvgIpc) is 1.99. The summed E-state index contributed by atoms with van der Waals surface area (Å²) < 4.78 is 0. The lowest BCUT2D eigenvalue weighted by Crippen LogP contribution is -2.13. The van der Waals surface area contributed by atoms with Crippen molar-refractivity contribution in [2.24, 2.45) is 5.73 Å². The summed E-state index contributed by atoms with van der Waals surface area (Å²) in [7, 11) is 0. The molecular weight excluding hydrogens is 174 g/mol. The van der Waals surface area contributed by atoms with E-state index < -0.39 is 0 Å². The van der Waals surface area contributed by atoms with Gasteiger partial charge in [-0.15, -0.1) is 0 Å². The van der Waals surface area contributed by atoms with E-state index in [9.17, 15) is 0 Å². The Morgan fingerprint density at radius 3 is 2.67 bits per heavy atom. The molecule has 0 aliphatic rings. The van der Waals surface area contributed by atoms with Crippen LogP contribution < -0.4 is 16.8 Å². The SMILES string of the molecule is NCCNc1cc(N)cc(Cl)c1. The maximum atomic E-state index is 5.78. The van der Waals surface area contributed by atoms with E-state index in [0.29, 0.717) is 17.3 Å². The maximum Gasteiger partial charge on any atom is 0.0446 e. The maximum absolute atomic E-state index is 5.78. The smallest absolute Gasteiger partial charge is 0.0446 e. The molecule has 0 aromatic heterocycles. The Hall–Kier alpha value is -0.930. The van der Waals surface area contributed by atoms with Gasteiger partial charge in [0.05, 0.1) is 0 Å². The van der Waals surface area contributed by atoms with Crippen LogP contribution >= 0.6 is 11.6 Å². The summed E-state index contributed by atoms with van der Waals surface area (Å²) in [6, 6.07) is 5.34. The molecule has 0 atom stereocenters. The Morgan fingerprint density at radius 1 is 1.33 bits per heavy atom. The van der Waals surface area contributed by atoms with Crippen LogP contribution in [0.5, 0.6) is 0 Å². The normalized spacial score (nSPS) is 9.83. The molecule has 1 rings (SSSR count). The Kier molecular flexibility index (Phi) is 3.19. The predicted octanol–water partition coefficient (Wildman–Crippen LogP) is 1.29. The molecule has 5 N–H and O–H groups in total. The van der Waals surface area contributed by atoms with Crippen LogP contribution in [0, 0.1) is 0 Å². The molecule has 12 heavy (non-hydrogen) atoms. The highest BCUT2D eigenvalue weighted by Gasteiger charge is 1.95. The van der Waals surface area contributed by atoms with E-state index >= 15 is 0 Å². The third-order valence-electron chi connectivity index (χ3n) is 1.39. The zero-order valence-electron chi connectivity index (χ0n) is 6.68. The van der Waals surface area contributed by atoms with Crippen molar-refractivity contribution in [2.75, 3.05) is 24.1 Å². The summed E-state index contributed by atoms with van der Waals surface area (Å²) >= 11 is 5.78. The molecule has 0 bridgehead atoms. The minimum Gasteiger partial charge on any atom is -0.399 e. The van der Waals surface area contributed by atoms with Gasteiger partial charge in [0, 0.05) is 29.5 Å². The highest BCUT2D eigenvalue weighted by Crippen LogP contribution is 2.19. The molecule has 0 fully saturated rings. The van der Waals surface area contributed by atoms with Crippen LogP contribution in [-0.4, -0.2) is 13.1 Å². The van der Waals surface area contributed by atoms with Gasteiger partial charge in [-0.2, -0.15) is 0 Å². The van der Waals surface area contributed by atoms with Gasteiger partial charge in [0.1, 0.15) is 0 Å². The highest BCUT2D eigenvalue weighted by atomic mass is 35.5. The van der Waals surface area contributed by atoms with Gasteiger partial charge in [-0.25, -0.2) is 0 Å². The minimum absolute atomic E-state index is 0.590. The number of hydrogen-bond acceptors (Lipinski definition) is 3. The van der Waals surface area contributed by atoms with Crippen LogP contribution in [0.1, 0.15) is 0 Å². The van der Waals surface area contributed by atoms with E-state index in [1.807, 2.05) is 12.1 Å². The van der Waals surface area contributed by atoms with Crippen molar-refractivity contribution >= 4 is 23.0 Å². The first-order valence-corrected chi connectivity index (χ1v) is 4.10. The van der Waals surface area contributed by atoms with Crippen molar-refractivity contribution < 1.29 is 0 Å². The molecule has 66 valence electrons. The van der Waals surface area contributed by atoms with Crippen molar-refractivity contribution in [1.82, 2.24) is 0 Å². The van der Waals surface area contributed by atoms with Gasteiger partial charge in [-0.1, -0.05) is 11.6 Å². The Labute approximate surface area is 76.7 Å². The van der Waals surface area contributed by atoms with Crippen molar-refractivity contribution in [3.63, 3.8) is 0 Å². The van der Waals surface area contributed by atoms with Gasteiger partial charge in [-0.05, 0) is 18.2 Å². The van der Waals surface area contributed by atoms with Crippen LogP contribution in [-0.2, 0) is 0 Å². The minimum atomic E-state index is 0.590. The molecule has 0 aliphatic carbocycles. The quantitative estimate of drug-likeness (QED) is 0.622. The van der Waals surface area contributed by atoms with Crippen LogP contribution in [0.15, 0.2) is 18.2 Å². The molecule has 0 radical (unpaired) electrons. The molecule has 0 heterocycles. The summed E-state index contributed by atoms with van der Waals surface area (Å²) in [4.78, 5) is 0. The molecule has 1 aromatic rings. The van der Waals surface area contributed by atoms with E-state index in [0.717, 1.165) is 12.2 Å². The molecule has 0 spiro atoms. The number of nitrogens with two attached hydrogens (primary N) is 2. The van der Waals surface area contributed by atoms with Gasteiger partial charge < -0.3 is 16.8 Å². The first-order chi connectivity index (χ1) is 5.72. The van der Waals surface area contributed by atoms with Crippen molar-refractivity contribution in [3.8, 4) is 0 Å². The second-order valence-electron chi connectivity index (χ2n) is 2.49. The molecule has 4 heteroatoms. The van der Waals surface area contributed by atoms with Gasteiger partial charge in [0.25, 0.3) is 0 Å². The molecule has 0 aliphatic heterocycles.